The average molecular weight is 218 g/mol. The van der Waals surface area contributed by atoms with E-state index in [1.54, 1.807) is 18.5 Å². The van der Waals surface area contributed by atoms with Crippen molar-refractivity contribution < 1.29 is 9.53 Å². The molecule has 1 aliphatic rings. The Balaban J connectivity index is 2.56. The fourth-order valence-electron chi connectivity index (χ4n) is 0.795. The highest BCUT2D eigenvalue weighted by Gasteiger charge is 2.25. The maximum atomic E-state index is 11.3. The Bertz CT molecular complexity index is 272. The van der Waals surface area contributed by atoms with Crippen molar-refractivity contribution >= 4 is 29.5 Å². The molecular weight excluding hydrogens is 210 g/mol. The van der Waals surface area contributed by atoms with Crippen LogP contribution in [0.5, 0.6) is 0 Å². The van der Waals surface area contributed by atoms with E-state index in [2.05, 4.69) is 5.92 Å². The zero-order chi connectivity index (χ0) is 9.84. The molecule has 1 heterocycles. The van der Waals surface area contributed by atoms with Crippen LogP contribution in [-0.2, 0) is 4.74 Å². The minimum absolute atomic E-state index is 0.317. The third kappa shape index (κ3) is 2.58. The van der Waals surface area contributed by atoms with Crippen molar-refractivity contribution in [1.29, 1.82) is 0 Å². The minimum atomic E-state index is -0.648. The van der Waals surface area contributed by atoms with Gasteiger partial charge in [-0.25, -0.2) is 4.79 Å². The molecule has 0 radical (unpaired) electrons. The van der Waals surface area contributed by atoms with E-state index in [-0.39, 0.29) is 5.37 Å². The summed E-state index contributed by atoms with van der Waals surface area (Å²) in [6, 6.07) is 0. The molecule has 5 heteroatoms. The molecule has 0 fully saturated rings. The second kappa shape index (κ2) is 4.45. The van der Waals surface area contributed by atoms with Crippen LogP contribution < -0.4 is 0 Å². The van der Waals surface area contributed by atoms with Crippen molar-refractivity contribution in [2.45, 2.75) is 17.9 Å². The lowest BCUT2D eigenvalue weighted by molar-refractivity contribution is 0.112. The maximum Gasteiger partial charge on any atom is 0.417 e. The molecule has 0 aromatic rings. The second-order valence-corrected chi connectivity index (χ2v) is 3.88. The molecule has 0 N–H and O–H groups in total. The third-order valence-corrected chi connectivity index (χ3v) is 2.29. The fraction of sp³-hybridized carbons (Fsp3) is 0.375. The van der Waals surface area contributed by atoms with Crippen LogP contribution in [0.25, 0.3) is 0 Å². The van der Waals surface area contributed by atoms with Crippen LogP contribution in [0.4, 0.5) is 4.79 Å². The second-order valence-electron chi connectivity index (χ2n) is 2.27. The number of rotatable bonds is 1. The van der Waals surface area contributed by atoms with Gasteiger partial charge < -0.3 is 4.74 Å². The van der Waals surface area contributed by atoms with E-state index in [1.807, 2.05) is 0 Å². The highest BCUT2D eigenvalue weighted by molar-refractivity contribution is 8.03. The van der Waals surface area contributed by atoms with Crippen molar-refractivity contribution in [2.24, 2.45) is 0 Å². The normalized spacial score (nSPS) is 22.5. The predicted octanol–water partition coefficient (Wildman–Crippen LogP) is 2.19. The third-order valence-electron chi connectivity index (χ3n) is 1.30. The van der Waals surface area contributed by atoms with Gasteiger partial charge in [0.2, 0.25) is 0 Å². The van der Waals surface area contributed by atoms with Gasteiger partial charge in [-0.2, -0.15) is 0 Å². The number of hydrogen-bond donors (Lipinski definition) is 0. The summed E-state index contributed by atoms with van der Waals surface area (Å²) in [5, 5.41) is 1.42. The summed E-state index contributed by atoms with van der Waals surface area (Å²) in [7, 11) is 0. The zero-order valence-electron chi connectivity index (χ0n) is 6.94. The van der Waals surface area contributed by atoms with Crippen molar-refractivity contribution in [3.63, 3.8) is 0 Å². The standard InChI is InChI=1S/C8H8ClNO2S/c1-3-7-10(4-5-13-7)8(11)12-6(2)9/h1,4-7H,2H3. The van der Waals surface area contributed by atoms with Gasteiger partial charge in [-0.3, -0.25) is 4.90 Å². The first-order valence-corrected chi connectivity index (χ1v) is 4.94. The first kappa shape index (κ1) is 10.3. The van der Waals surface area contributed by atoms with Gasteiger partial charge in [0.15, 0.2) is 10.9 Å². The first-order valence-electron chi connectivity index (χ1n) is 3.56. The largest absolute Gasteiger partial charge is 0.430 e. The van der Waals surface area contributed by atoms with Gasteiger partial charge in [0.25, 0.3) is 0 Å². The molecule has 0 bridgehead atoms. The molecule has 2 atom stereocenters. The molecule has 1 aliphatic heterocycles. The molecule has 2 unspecified atom stereocenters. The molecule has 0 aromatic carbocycles. The zero-order valence-corrected chi connectivity index (χ0v) is 8.51. The minimum Gasteiger partial charge on any atom is -0.430 e. The fourth-order valence-corrected chi connectivity index (χ4v) is 1.59. The van der Waals surface area contributed by atoms with E-state index in [0.29, 0.717) is 0 Å². The molecule has 0 saturated heterocycles. The molecule has 0 spiro atoms. The number of hydrogen-bond acceptors (Lipinski definition) is 3. The highest BCUT2D eigenvalue weighted by atomic mass is 35.5. The van der Waals surface area contributed by atoms with Crippen LogP contribution in [0.15, 0.2) is 11.6 Å². The number of amides is 1. The van der Waals surface area contributed by atoms with Gasteiger partial charge >= 0.3 is 6.09 Å². The van der Waals surface area contributed by atoms with Gasteiger partial charge in [0.1, 0.15) is 0 Å². The maximum absolute atomic E-state index is 11.3. The number of halogens is 1. The number of terminal acetylenes is 1. The Hall–Kier alpha value is -0.790. The summed E-state index contributed by atoms with van der Waals surface area (Å²) in [6.07, 6.45) is 6.26. The molecule has 0 aliphatic carbocycles. The molecule has 1 rings (SSSR count). The van der Waals surface area contributed by atoms with E-state index in [0.717, 1.165) is 0 Å². The number of nitrogens with zero attached hydrogens (tertiary/aromatic N) is 1. The van der Waals surface area contributed by atoms with E-state index in [9.17, 15) is 4.79 Å². The summed E-state index contributed by atoms with van der Waals surface area (Å²) in [5.41, 5.74) is -0.648. The lowest BCUT2D eigenvalue weighted by atomic mass is 10.6. The van der Waals surface area contributed by atoms with Crippen LogP contribution in [0, 0.1) is 12.3 Å². The van der Waals surface area contributed by atoms with Crippen LogP contribution in [0.1, 0.15) is 6.92 Å². The van der Waals surface area contributed by atoms with Crippen LogP contribution in [0.2, 0.25) is 0 Å². The van der Waals surface area contributed by atoms with Crippen molar-refractivity contribution in [3.8, 4) is 12.3 Å². The molecule has 3 nitrogen and oxygen atoms in total. The number of thioether (sulfide) groups is 1. The molecular formula is C8H8ClNO2S. The number of carbonyl (C=O) groups excluding carboxylic acids is 1. The van der Waals surface area contributed by atoms with E-state index in [4.69, 9.17) is 22.8 Å². The molecule has 13 heavy (non-hydrogen) atoms. The smallest absolute Gasteiger partial charge is 0.417 e. The number of carbonyl (C=O) groups is 1. The average Bonchev–Trinajstić information content (AvgIpc) is 2.49. The Morgan fingerprint density at radius 1 is 1.92 bits per heavy atom. The molecule has 1 amide bonds. The Kier molecular flexibility index (Phi) is 3.52. The topological polar surface area (TPSA) is 29.5 Å². The van der Waals surface area contributed by atoms with E-state index >= 15 is 0 Å². The lowest BCUT2D eigenvalue weighted by Crippen LogP contribution is -2.32. The highest BCUT2D eigenvalue weighted by Crippen LogP contribution is 2.25. The van der Waals surface area contributed by atoms with Crippen molar-refractivity contribution in [3.05, 3.63) is 11.6 Å². The first-order chi connectivity index (χ1) is 6.15. The number of alkyl halides is 1. The molecule has 0 saturated carbocycles. The van der Waals surface area contributed by atoms with Gasteiger partial charge in [-0.1, -0.05) is 29.3 Å². The van der Waals surface area contributed by atoms with Crippen molar-refractivity contribution in [1.82, 2.24) is 4.90 Å². The molecule has 70 valence electrons. The van der Waals surface area contributed by atoms with E-state index in [1.165, 1.54) is 16.7 Å². The number of ether oxygens (including phenoxy) is 1. The quantitative estimate of drug-likeness (QED) is 0.498. The monoisotopic (exact) mass is 217 g/mol. The van der Waals surface area contributed by atoms with Crippen LogP contribution >= 0.6 is 23.4 Å². The summed E-state index contributed by atoms with van der Waals surface area (Å²) < 4.78 is 4.76. The Morgan fingerprint density at radius 3 is 3.15 bits per heavy atom. The Labute approximate surface area is 86.1 Å². The van der Waals surface area contributed by atoms with Gasteiger partial charge in [-0.05, 0) is 12.3 Å². The van der Waals surface area contributed by atoms with Gasteiger partial charge in [0.05, 0.1) is 0 Å². The predicted molar refractivity (Wildman–Crippen MR) is 53.0 cm³/mol. The van der Waals surface area contributed by atoms with Gasteiger partial charge in [-0.15, -0.1) is 6.42 Å². The van der Waals surface area contributed by atoms with Crippen LogP contribution in [-0.4, -0.2) is 21.9 Å². The summed E-state index contributed by atoms with van der Waals surface area (Å²) in [5.74, 6) is 2.45. The summed E-state index contributed by atoms with van der Waals surface area (Å²) in [6.45, 7) is 1.57. The van der Waals surface area contributed by atoms with Gasteiger partial charge in [0, 0.05) is 6.20 Å². The van der Waals surface area contributed by atoms with Crippen molar-refractivity contribution in [2.75, 3.05) is 0 Å². The lowest BCUT2D eigenvalue weighted by Gasteiger charge is -2.18. The summed E-state index contributed by atoms with van der Waals surface area (Å²) >= 11 is 6.86. The van der Waals surface area contributed by atoms with Crippen LogP contribution in [0.3, 0.4) is 0 Å². The molecule has 0 aromatic heterocycles. The Morgan fingerprint density at radius 2 is 2.62 bits per heavy atom. The summed E-state index contributed by atoms with van der Waals surface area (Å²) in [4.78, 5) is 12.6. The van der Waals surface area contributed by atoms with E-state index < -0.39 is 11.7 Å². The SMILES string of the molecule is C#CC1SC=CN1C(=O)OC(C)Cl.